The lowest BCUT2D eigenvalue weighted by molar-refractivity contribution is 0.150. The minimum atomic E-state index is -2.50. The lowest BCUT2D eigenvalue weighted by Crippen LogP contribution is -2.24. The summed E-state index contributed by atoms with van der Waals surface area (Å²) >= 11 is 0. The molecule has 30 heavy (non-hydrogen) atoms. The molecular weight excluding hydrogens is 388 g/mol. The third-order valence-electron chi connectivity index (χ3n) is 5.95. The molecule has 6 nitrogen and oxygen atoms in total. The van der Waals surface area contributed by atoms with Crippen molar-refractivity contribution in [1.29, 1.82) is 0 Å². The van der Waals surface area contributed by atoms with Crippen molar-refractivity contribution in [3.8, 4) is 5.75 Å². The van der Waals surface area contributed by atoms with Gasteiger partial charge in [-0.2, -0.15) is 0 Å². The average Bonchev–Trinajstić information content (AvgIpc) is 3.39. The molecule has 5 rings (SSSR count). The Bertz CT molecular complexity index is 1120. The molecule has 1 unspecified atom stereocenters. The van der Waals surface area contributed by atoms with Crippen molar-refractivity contribution in [2.24, 2.45) is 0 Å². The molecule has 1 atom stereocenters. The number of anilines is 1. The SMILES string of the molecule is Nc1ncnc2c1ccn2C1C=C(COc2cc(C(F)F)cc3c2CNCC3)CC1. The number of alkyl halides is 2. The highest BCUT2D eigenvalue weighted by atomic mass is 19.3. The molecule has 0 bridgehead atoms. The molecule has 0 fully saturated rings. The molecule has 3 N–H and O–H groups in total. The van der Waals surface area contributed by atoms with E-state index in [0.29, 0.717) is 24.7 Å². The summed E-state index contributed by atoms with van der Waals surface area (Å²) in [5.41, 5.74) is 9.88. The fourth-order valence-corrected chi connectivity index (χ4v) is 4.38. The van der Waals surface area contributed by atoms with Gasteiger partial charge in [-0.3, -0.25) is 0 Å². The van der Waals surface area contributed by atoms with E-state index in [9.17, 15) is 8.78 Å². The first-order chi connectivity index (χ1) is 14.6. The van der Waals surface area contributed by atoms with E-state index in [0.717, 1.165) is 53.5 Å². The van der Waals surface area contributed by atoms with Crippen LogP contribution >= 0.6 is 0 Å². The Morgan fingerprint density at radius 1 is 1.27 bits per heavy atom. The van der Waals surface area contributed by atoms with Crippen LogP contribution in [-0.2, 0) is 13.0 Å². The van der Waals surface area contributed by atoms with Gasteiger partial charge in [0.25, 0.3) is 6.43 Å². The molecular formula is C22H23F2N5O. The first-order valence-electron chi connectivity index (χ1n) is 10.1. The van der Waals surface area contributed by atoms with Gasteiger partial charge in [-0.25, -0.2) is 18.7 Å². The third-order valence-corrected chi connectivity index (χ3v) is 5.95. The molecule has 2 aliphatic rings. The van der Waals surface area contributed by atoms with Crippen LogP contribution < -0.4 is 15.8 Å². The predicted molar refractivity (Wildman–Crippen MR) is 111 cm³/mol. The molecule has 156 valence electrons. The van der Waals surface area contributed by atoms with Gasteiger partial charge in [0.2, 0.25) is 0 Å². The van der Waals surface area contributed by atoms with Crippen molar-refractivity contribution >= 4 is 16.9 Å². The molecule has 8 heteroatoms. The van der Waals surface area contributed by atoms with E-state index >= 15 is 0 Å². The maximum Gasteiger partial charge on any atom is 0.263 e. The minimum Gasteiger partial charge on any atom is -0.489 e. The summed E-state index contributed by atoms with van der Waals surface area (Å²) in [4.78, 5) is 8.41. The molecule has 0 saturated carbocycles. The van der Waals surface area contributed by atoms with Crippen molar-refractivity contribution in [3.05, 3.63) is 59.1 Å². The highest BCUT2D eigenvalue weighted by molar-refractivity contribution is 5.86. The second kappa shape index (κ2) is 7.68. The standard InChI is InChI=1S/C22H23F2N5O/c23-20(24)15-8-14-3-5-26-10-18(14)19(9-15)30-11-13-1-2-16(7-13)29-6-4-17-21(25)27-12-28-22(17)29/h4,6-9,12,16,20,26H,1-3,5,10-11H2,(H2,25,27,28). The Morgan fingerprint density at radius 2 is 2.17 bits per heavy atom. The molecule has 3 heterocycles. The molecule has 1 aromatic carbocycles. The molecule has 0 amide bonds. The number of nitrogens with one attached hydrogen (secondary N) is 1. The molecule has 1 aliphatic heterocycles. The second-order valence-corrected chi connectivity index (χ2v) is 7.82. The third kappa shape index (κ3) is 3.41. The molecule has 2 aromatic heterocycles. The molecule has 0 radical (unpaired) electrons. The Labute approximate surface area is 172 Å². The van der Waals surface area contributed by atoms with Crippen LogP contribution in [-0.4, -0.2) is 27.7 Å². The van der Waals surface area contributed by atoms with Crippen molar-refractivity contribution < 1.29 is 13.5 Å². The number of hydrogen-bond donors (Lipinski definition) is 2. The number of rotatable bonds is 5. The molecule has 0 saturated heterocycles. The van der Waals surface area contributed by atoms with Gasteiger partial charge in [-0.15, -0.1) is 0 Å². The van der Waals surface area contributed by atoms with Gasteiger partial charge in [-0.05, 0) is 55.1 Å². The maximum absolute atomic E-state index is 13.3. The van der Waals surface area contributed by atoms with Crippen molar-refractivity contribution in [3.63, 3.8) is 0 Å². The Balaban J connectivity index is 1.36. The summed E-state index contributed by atoms with van der Waals surface area (Å²) < 4.78 is 34.8. The topological polar surface area (TPSA) is 78.0 Å². The van der Waals surface area contributed by atoms with Gasteiger partial charge >= 0.3 is 0 Å². The Hall–Kier alpha value is -3.00. The number of halogens is 2. The van der Waals surface area contributed by atoms with Gasteiger partial charge in [0.05, 0.1) is 11.4 Å². The normalized spacial score (nSPS) is 18.6. The van der Waals surface area contributed by atoms with E-state index in [2.05, 4.69) is 25.9 Å². The fraction of sp³-hybridized carbons (Fsp3) is 0.364. The minimum absolute atomic E-state index is 0.0278. The second-order valence-electron chi connectivity index (χ2n) is 7.82. The lowest BCUT2D eigenvalue weighted by Gasteiger charge is -2.22. The summed E-state index contributed by atoms with van der Waals surface area (Å²) in [6.07, 6.45) is 5.70. The fourth-order valence-electron chi connectivity index (χ4n) is 4.38. The van der Waals surface area contributed by atoms with Gasteiger partial charge in [0.1, 0.15) is 30.1 Å². The highest BCUT2D eigenvalue weighted by Crippen LogP contribution is 2.35. The van der Waals surface area contributed by atoms with E-state index < -0.39 is 6.43 Å². The highest BCUT2D eigenvalue weighted by Gasteiger charge is 2.22. The Kier molecular flexibility index (Phi) is 4.86. The molecule has 3 aromatic rings. The van der Waals surface area contributed by atoms with E-state index in [1.807, 2.05) is 12.3 Å². The monoisotopic (exact) mass is 411 g/mol. The van der Waals surface area contributed by atoms with Crippen molar-refractivity contribution in [2.75, 3.05) is 18.9 Å². The molecule has 0 spiro atoms. The number of benzene rings is 1. The van der Waals surface area contributed by atoms with Crippen molar-refractivity contribution in [1.82, 2.24) is 19.9 Å². The van der Waals surface area contributed by atoms with Crippen LogP contribution in [0, 0.1) is 0 Å². The number of ether oxygens (including phenoxy) is 1. The first kappa shape index (κ1) is 19.0. The maximum atomic E-state index is 13.3. The summed E-state index contributed by atoms with van der Waals surface area (Å²) in [5.74, 6) is 1.04. The zero-order chi connectivity index (χ0) is 20.7. The number of allylic oxidation sites excluding steroid dienone is 1. The van der Waals surface area contributed by atoms with Crippen molar-refractivity contribution in [2.45, 2.75) is 38.3 Å². The van der Waals surface area contributed by atoms with E-state index in [1.54, 1.807) is 6.07 Å². The summed E-state index contributed by atoms with van der Waals surface area (Å²) in [6.45, 7) is 1.84. The quantitative estimate of drug-likeness (QED) is 0.622. The summed E-state index contributed by atoms with van der Waals surface area (Å²) in [6, 6.07) is 5.20. The number of nitrogens with two attached hydrogens (primary N) is 1. The zero-order valence-corrected chi connectivity index (χ0v) is 16.4. The van der Waals surface area contributed by atoms with Gasteiger partial charge in [0.15, 0.2) is 0 Å². The summed E-state index contributed by atoms with van der Waals surface area (Å²) in [5, 5.41) is 4.14. The molecule has 1 aliphatic carbocycles. The van der Waals surface area contributed by atoms with Crippen LogP contribution in [0.5, 0.6) is 5.75 Å². The largest absolute Gasteiger partial charge is 0.489 e. The predicted octanol–water partition coefficient (Wildman–Crippen LogP) is 3.94. The van der Waals surface area contributed by atoms with Gasteiger partial charge in [-0.1, -0.05) is 6.08 Å². The first-order valence-corrected chi connectivity index (χ1v) is 10.1. The van der Waals surface area contributed by atoms with E-state index in [-0.39, 0.29) is 11.6 Å². The smallest absolute Gasteiger partial charge is 0.263 e. The van der Waals surface area contributed by atoms with Crippen LogP contribution in [0.15, 0.2) is 42.4 Å². The number of aromatic nitrogens is 3. The number of nitrogens with zero attached hydrogens (tertiary/aromatic N) is 3. The number of nitrogen functional groups attached to an aromatic ring is 1. The van der Waals surface area contributed by atoms with Gasteiger partial charge < -0.3 is 20.4 Å². The zero-order valence-electron chi connectivity index (χ0n) is 16.4. The summed E-state index contributed by atoms with van der Waals surface area (Å²) in [7, 11) is 0. The van der Waals surface area contributed by atoms with Crippen LogP contribution in [0.1, 0.15) is 42.0 Å². The van der Waals surface area contributed by atoms with E-state index in [1.165, 1.54) is 12.4 Å². The van der Waals surface area contributed by atoms with Crippen LogP contribution in [0.2, 0.25) is 0 Å². The van der Waals surface area contributed by atoms with Crippen LogP contribution in [0.3, 0.4) is 0 Å². The number of hydrogen-bond acceptors (Lipinski definition) is 5. The van der Waals surface area contributed by atoms with Crippen LogP contribution in [0.25, 0.3) is 11.0 Å². The van der Waals surface area contributed by atoms with Crippen LogP contribution in [0.4, 0.5) is 14.6 Å². The average molecular weight is 411 g/mol. The Morgan fingerprint density at radius 3 is 3.03 bits per heavy atom. The lowest BCUT2D eigenvalue weighted by atomic mass is 9.97. The van der Waals surface area contributed by atoms with E-state index in [4.69, 9.17) is 10.5 Å². The number of fused-ring (bicyclic) bond motifs is 2. The van der Waals surface area contributed by atoms with Gasteiger partial charge in [0, 0.05) is 23.9 Å².